The number of rotatable bonds is 5. The number of carbonyl (C=O) groups is 2. The molecule has 7 nitrogen and oxygen atoms in total. The summed E-state index contributed by atoms with van der Waals surface area (Å²) in [6.45, 7) is 3.57. The predicted molar refractivity (Wildman–Crippen MR) is 74.5 cm³/mol. The first-order chi connectivity index (χ1) is 9.41. The van der Waals surface area contributed by atoms with E-state index in [-0.39, 0.29) is 11.5 Å². The van der Waals surface area contributed by atoms with Crippen molar-refractivity contribution in [2.75, 3.05) is 5.32 Å². The molecular formula is C13H16N4O3. The molecule has 0 aliphatic rings. The molecule has 0 unspecified atom stereocenters. The Morgan fingerprint density at radius 1 is 1.45 bits per heavy atom. The normalized spacial score (nSPS) is 12.6. The van der Waals surface area contributed by atoms with Crippen LogP contribution >= 0.6 is 0 Å². The number of nitrogens with two attached hydrogens (primary N) is 1. The summed E-state index contributed by atoms with van der Waals surface area (Å²) >= 11 is 0. The van der Waals surface area contributed by atoms with Crippen LogP contribution in [0.3, 0.4) is 0 Å². The maximum Gasteiger partial charge on any atom is 0.326 e. The Labute approximate surface area is 115 Å². The van der Waals surface area contributed by atoms with Gasteiger partial charge in [0.25, 0.3) is 5.91 Å². The number of pyridine rings is 1. The van der Waals surface area contributed by atoms with Crippen molar-refractivity contribution in [3.05, 3.63) is 24.0 Å². The lowest BCUT2D eigenvalue weighted by Gasteiger charge is -2.21. The zero-order chi connectivity index (χ0) is 14.9. The molecule has 0 spiro atoms. The molecule has 1 atom stereocenters. The number of hydrogen-bond acceptors (Lipinski definition) is 4. The third-order valence-electron chi connectivity index (χ3n) is 3.08. The number of aromatic nitrogens is 2. The number of nitrogens with one attached hydrogen (secondary N) is 2. The Morgan fingerprint density at radius 2 is 2.15 bits per heavy atom. The summed E-state index contributed by atoms with van der Waals surface area (Å²) < 4.78 is 0. The highest BCUT2D eigenvalue weighted by Crippen LogP contribution is 2.27. The first-order valence-electron chi connectivity index (χ1n) is 6.17. The van der Waals surface area contributed by atoms with Crippen molar-refractivity contribution >= 4 is 28.6 Å². The fourth-order valence-electron chi connectivity index (χ4n) is 2.02. The summed E-state index contributed by atoms with van der Waals surface area (Å²) in [6.07, 6.45) is 3.00. The van der Waals surface area contributed by atoms with E-state index in [9.17, 15) is 14.7 Å². The van der Waals surface area contributed by atoms with Gasteiger partial charge in [0.15, 0.2) is 0 Å². The van der Waals surface area contributed by atoms with Gasteiger partial charge in [-0.3, -0.25) is 4.79 Å². The van der Waals surface area contributed by atoms with Crippen LogP contribution in [-0.4, -0.2) is 33.0 Å². The lowest BCUT2D eigenvalue weighted by atomic mass is 10.0. The molecule has 0 radical (unpaired) electrons. The minimum Gasteiger partial charge on any atom is -0.480 e. The fourth-order valence-corrected chi connectivity index (χ4v) is 2.02. The SMILES string of the molecule is CC(C)[C@H](Nc1c(C(N)=O)cnc2[nH]ccc12)C(=O)O. The van der Waals surface area contributed by atoms with Gasteiger partial charge in [-0.05, 0) is 12.0 Å². The van der Waals surface area contributed by atoms with Gasteiger partial charge in [-0.2, -0.15) is 0 Å². The van der Waals surface area contributed by atoms with E-state index in [0.717, 1.165) is 0 Å². The van der Waals surface area contributed by atoms with Gasteiger partial charge in [-0.15, -0.1) is 0 Å². The van der Waals surface area contributed by atoms with Crippen LogP contribution < -0.4 is 11.1 Å². The Balaban J connectivity index is 2.55. The number of carbonyl (C=O) groups excluding carboxylic acids is 1. The molecule has 2 heterocycles. The zero-order valence-electron chi connectivity index (χ0n) is 11.2. The second-order valence-corrected chi connectivity index (χ2v) is 4.86. The topological polar surface area (TPSA) is 121 Å². The van der Waals surface area contributed by atoms with Gasteiger partial charge >= 0.3 is 5.97 Å². The van der Waals surface area contributed by atoms with E-state index in [4.69, 9.17) is 5.73 Å². The number of carboxylic acids is 1. The molecule has 0 bridgehead atoms. The molecule has 0 fully saturated rings. The van der Waals surface area contributed by atoms with E-state index < -0.39 is 17.9 Å². The predicted octanol–water partition coefficient (Wildman–Crippen LogP) is 1.18. The summed E-state index contributed by atoms with van der Waals surface area (Å²) in [7, 11) is 0. The molecule has 2 aromatic heterocycles. The third-order valence-corrected chi connectivity index (χ3v) is 3.08. The van der Waals surface area contributed by atoms with Crippen LogP contribution in [0.1, 0.15) is 24.2 Å². The molecule has 0 aromatic carbocycles. The Morgan fingerprint density at radius 3 is 2.70 bits per heavy atom. The van der Waals surface area contributed by atoms with E-state index in [2.05, 4.69) is 15.3 Å². The zero-order valence-corrected chi connectivity index (χ0v) is 11.2. The fraction of sp³-hybridized carbons (Fsp3) is 0.308. The van der Waals surface area contributed by atoms with Crippen LogP contribution in [-0.2, 0) is 4.79 Å². The van der Waals surface area contributed by atoms with Crippen molar-refractivity contribution in [2.45, 2.75) is 19.9 Å². The van der Waals surface area contributed by atoms with Gasteiger partial charge < -0.3 is 21.1 Å². The van der Waals surface area contributed by atoms with E-state index in [1.165, 1.54) is 6.20 Å². The van der Waals surface area contributed by atoms with Gasteiger partial charge in [-0.25, -0.2) is 9.78 Å². The molecule has 5 N–H and O–H groups in total. The van der Waals surface area contributed by atoms with E-state index in [0.29, 0.717) is 16.7 Å². The van der Waals surface area contributed by atoms with E-state index in [1.54, 1.807) is 26.1 Å². The quantitative estimate of drug-likeness (QED) is 0.653. The molecular weight excluding hydrogens is 260 g/mol. The number of nitrogens with zero attached hydrogens (tertiary/aromatic N) is 1. The van der Waals surface area contributed by atoms with Gasteiger partial charge in [0, 0.05) is 17.8 Å². The van der Waals surface area contributed by atoms with Crippen LogP contribution in [0.25, 0.3) is 11.0 Å². The average molecular weight is 276 g/mol. The molecule has 2 rings (SSSR count). The monoisotopic (exact) mass is 276 g/mol. The number of fused-ring (bicyclic) bond motifs is 1. The molecule has 2 aromatic rings. The summed E-state index contributed by atoms with van der Waals surface area (Å²) in [5, 5.41) is 12.8. The number of amides is 1. The standard InChI is InChI=1S/C13H16N4O3/c1-6(2)9(13(19)20)17-10-7-3-4-15-12(7)16-5-8(10)11(14)18/h3-6,9H,1-2H3,(H2,14,18)(H,19,20)(H2,15,16,17)/t9-/m0/s1. The molecule has 0 aliphatic carbocycles. The van der Waals surface area contributed by atoms with Crippen molar-refractivity contribution in [1.29, 1.82) is 0 Å². The molecule has 0 saturated carbocycles. The van der Waals surface area contributed by atoms with Crippen LogP contribution in [0.2, 0.25) is 0 Å². The number of H-pyrrole nitrogens is 1. The highest BCUT2D eigenvalue weighted by Gasteiger charge is 2.24. The van der Waals surface area contributed by atoms with Crippen molar-refractivity contribution in [2.24, 2.45) is 11.7 Å². The molecule has 106 valence electrons. The molecule has 0 aliphatic heterocycles. The van der Waals surface area contributed by atoms with E-state index >= 15 is 0 Å². The lowest BCUT2D eigenvalue weighted by molar-refractivity contribution is -0.138. The number of hydrogen-bond donors (Lipinski definition) is 4. The lowest BCUT2D eigenvalue weighted by Crippen LogP contribution is -2.35. The van der Waals surface area contributed by atoms with E-state index in [1.807, 2.05) is 0 Å². The number of carboxylic acid groups (broad SMARTS) is 1. The molecule has 7 heteroatoms. The summed E-state index contributed by atoms with van der Waals surface area (Å²) in [6, 6.07) is 0.893. The Kier molecular flexibility index (Phi) is 3.60. The maximum atomic E-state index is 11.5. The highest BCUT2D eigenvalue weighted by atomic mass is 16.4. The number of anilines is 1. The summed E-state index contributed by atoms with van der Waals surface area (Å²) in [4.78, 5) is 29.8. The van der Waals surface area contributed by atoms with Crippen LogP contribution in [0.5, 0.6) is 0 Å². The number of primary amides is 1. The van der Waals surface area contributed by atoms with Gasteiger partial charge in [0.1, 0.15) is 11.7 Å². The molecule has 1 amide bonds. The highest BCUT2D eigenvalue weighted by molar-refractivity contribution is 6.06. The van der Waals surface area contributed by atoms with Crippen molar-refractivity contribution in [3.63, 3.8) is 0 Å². The van der Waals surface area contributed by atoms with Crippen molar-refractivity contribution < 1.29 is 14.7 Å². The summed E-state index contributed by atoms with van der Waals surface area (Å²) in [5.74, 6) is -1.80. The van der Waals surface area contributed by atoms with Gasteiger partial charge in [-0.1, -0.05) is 13.8 Å². The average Bonchev–Trinajstić information content (AvgIpc) is 2.82. The first kappa shape index (κ1) is 13.9. The summed E-state index contributed by atoms with van der Waals surface area (Å²) in [5.41, 5.74) is 6.45. The smallest absolute Gasteiger partial charge is 0.326 e. The van der Waals surface area contributed by atoms with Gasteiger partial charge in [0.05, 0.1) is 11.3 Å². The van der Waals surface area contributed by atoms with Crippen molar-refractivity contribution in [3.8, 4) is 0 Å². The van der Waals surface area contributed by atoms with Crippen LogP contribution in [0.4, 0.5) is 5.69 Å². The largest absolute Gasteiger partial charge is 0.480 e. The third kappa shape index (κ3) is 2.42. The van der Waals surface area contributed by atoms with Crippen molar-refractivity contribution in [1.82, 2.24) is 9.97 Å². The number of aromatic amines is 1. The van der Waals surface area contributed by atoms with Crippen LogP contribution in [0.15, 0.2) is 18.5 Å². The maximum absolute atomic E-state index is 11.5. The molecule has 20 heavy (non-hydrogen) atoms. The Hall–Kier alpha value is -2.57. The minimum atomic E-state index is -0.990. The van der Waals surface area contributed by atoms with Crippen LogP contribution in [0, 0.1) is 5.92 Å². The Bertz CT molecular complexity index is 663. The minimum absolute atomic E-state index is 0.157. The second-order valence-electron chi connectivity index (χ2n) is 4.86. The number of aliphatic carboxylic acids is 1. The first-order valence-corrected chi connectivity index (χ1v) is 6.17. The van der Waals surface area contributed by atoms with Gasteiger partial charge in [0.2, 0.25) is 0 Å². The second kappa shape index (κ2) is 5.20. The molecule has 0 saturated heterocycles.